The van der Waals surface area contributed by atoms with Crippen LogP contribution < -0.4 is 5.32 Å². The van der Waals surface area contributed by atoms with Gasteiger partial charge in [0.2, 0.25) is 0 Å². The van der Waals surface area contributed by atoms with Crippen molar-refractivity contribution in [3.8, 4) is 22.3 Å². The van der Waals surface area contributed by atoms with Gasteiger partial charge in [-0.2, -0.15) is 5.10 Å². The van der Waals surface area contributed by atoms with Gasteiger partial charge in [0.15, 0.2) is 0 Å². The van der Waals surface area contributed by atoms with Gasteiger partial charge < -0.3 is 9.73 Å². The third kappa shape index (κ3) is 3.91. The molecule has 0 saturated carbocycles. The number of aromatic nitrogens is 5. The number of hydrogen-bond acceptors (Lipinski definition) is 6. The van der Waals surface area contributed by atoms with Gasteiger partial charge in [-0.25, -0.2) is 0 Å². The maximum absolute atomic E-state index is 5.64. The van der Waals surface area contributed by atoms with E-state index in [2.05, 4.69) is 63.5 Å². The Labute approximate surface area is 202 Å². The lowest BCUT2D eigenvalue weighted by molar-refractivity contribution is 0.613. The van der Waals surface area contributed by atoms with Crippen LogP contribution in [0.15, 0.2) is 84.3 Å². The summed E-state index contributed by atoms with van der Waals surface area (Å²) in [6.45, 7) is 4.19. The van der Waals surface area contributed by atoms with E-state index in [4.69, 9.17) is 4.42 Å². The summed E-state index contributed by atoms with van der Waals surface area (Å²) >= 11 is 0. The van der Waals surface area contributed by atoms with Crippen molar-refractivity contribution in [2.45, 2.75) is 19.9 Å². The van der Waals surface area contributed by atoms with Crippen molar-refractivity contribution in [1.82, 2.24) is 24.7 Å². The van der Waals surface area contributed by atoms with Gasteiger partial charge in [0.1, 0.15) is 5.58 Å². The molecule has 0 radical (unpaired) electrons. The average Bonchev–Trinajstić information content (AvgIpc) is 3.49. The van der Waals surface area contributed by atoms with Crippen molar-refractivity contribution < 1.29 is 4.42 Å². The molecule has 0 aliphatic heterocycles. The van der Waals surface area contributed by atoms with E-state index in [1.165, 1.54) is 0 Å². The van der Waals surface area contributed by atoms with Crippen molar-refractivity contribution in [2.24, 2.45) is 7.05 Å². The molecule has 172 valence electrons. The van der Waals surface area contributed by atoms with Gasteiger partial charge >= 0.3 is 0 Å². The molecule has 6 rings (SSSR count). The lowest BCUT2D eigenvalue weighted by atomic mass is 10.00. The number of furan rings is 1. The number of fused-ring (bicyclic) bond motifs is 2. The van der Waals surface area contributed by atoms with E-state index in [1.807, 2.05) is 44.0 Å². The molecule has 2 aromatic carbocycles. The van der Waals surface area contributed by atoms with Crippen LogP contribution in [0.2, 0.25) is 0 Å². The summed E-state index contributed by atoms with van der Waals surface area (Å²) < 4.78 is 7.44. The quantitative estimate of drug-likeness (QED) is 0.324. The van der Waals surface area contributed by atoms with Gasteiger partial charge in [0.05, 0.1) is 29.5 Å². The molecule has 0 spiro atoms. The Morgan fingerprint density at radius 3 is 2.69 bits per heavy atom. The van der Waals surface area contributed by atoms with E-state index >= 15 is 0 Å². The van der Waals surface area contributed by atoms with Gasteiger partial charge in [0.25, 0.3) is 0 Å². The van der Waals surface area contributed by atoms with E-state index < -0.39 is 0 Å². The molecule has 1 unspecified atom stereocenters. The van der Waals surface area contributed by atoms with Crippen molar-refractivity contribution in [3.05, 3.63) is 91.0 Å². The number of rotatable bonds is 5. The second-order valence-corrected chi connectivity index (χ2v) is 8.85. The van der Waals surface area contributed by atoms with Gasteiger partial charge in [-0.15, -0.1) is 0 Å². The molecule has 0 aliphatic rings. The molecule has 0 fully saturated rings. The number of anilines is 1. The molecule has 1 N–H and O–H groups in total. The Kier molecular flexibility index (Phi) is 5.03. The Morgan fingerprint density at radius 2 is 1.83 bits per heavy atom. The Morgan fingerprint density at radius 1 is 0.943 bits per heavy atom. The standard InChI is InChI=1S/C28H24N6O/c1-17-16-35-27-5-4-19(9-24(17)27)25-10-23(11-26-28(25)31-7-6-30-26)33-18(2)20-8-21(13-29-12-20)22-14-32-34(3)15-22/h4-16,18,33H,1-3H3. The molecule has 1 atom stereocenters. The van der Waals surface area contributed by atoms with E-state index in [9.17, 15) is 0 Å². The highest BCUT2D eigenvalue weighted by atomic mass is 16.3. The first kappa shape index (κ1) is 21.0. The van der Waals surface area contributed by atoms with Gasteiger partial charge in [-0.05, 0) is 60.9 Å². The Balaban J connectivity index is 1.38. The summed E-state index contributed by atoms with van der Waals surface area (Å²) in [5.74, 6) is 0. The van der Waals surface area contributed by atoms with Gasteiger partial charge in [0, 0.05) is 65.8 Å². The molecular weight excluding hydrogens is 436 g/mol. The zero-order valence-electron chi connectivity index (χ0n) is 19.7. The smallest absolute Gasteiger partial charge is 0.134 e. The molecule has 0 saturated heterocycles. The molecule has 0 amide bonds. The summed E-state index contributed by atoms with van der Waals surface area (Å²) in [6, 6.07) is 12.6. The van der Waals surface area contributed by atoms with Crippen LogP contribution in [0, 0.1) is 6.92 Å². The van der Waals surface area contributed by atoms with Crippen molar-refractivity contribution in [1.29, 1.82) is 0 Å². The van der Waals surface area contributed by atoms with Crippen LogP contribution in [0.3, 0.4) is 0 Å². The summed E-state index contributed by atoms with van der Waals surface area (Å²) in [6.07, 6.45) is 12.9. The zero-order valence-corrected chi connectivity index (χ0v) is 19.7. The van der Waals surface area contributed by atoms with Crippen molar-refractivity contribution in [3.63, 3.8) is 0 Å². The highest BCUT2D eigenvalue weighted by Gasteiger charge is 2.14. The number of aryl methyl sites for hydroxylation is 2. The highest BCUT2D eigenvalue weighted by Crippen LogP contribution is 2.34. The minimum absolute atomic E-state index is 0.0275. The van der Waals surface area contributed by atoms with Crippen LogP contribution in [0.4, 0.5) is 5.69 Å². The molecule has 0 aliphatic carbocycles. The molecular formula is C28H24N6O. The fourth-order valence-corrected chi connectivity index (χ4v) is 4.46. The van der Waals surface area contributed by atoms with E-state index in [-0.39, 0.29) is 6.04 Å². The molecule has 4 aromatic heterocycles. The van der Waals surface area contributed by atoms with Crippen molar-refractivity contribution in [2.75, 3.05) is 5.32 Å². The van der Waals surface area contributed by atoms with E-state index in [0.717, 1.165) is 61.1 Å². The minimum Gasteiger partial charge on any atom is -0.464 e. The Hall–Kier alpha value is -4.52. The second kappa shape index (κ2) is 8.36. The molecule has 7 heteroatoms. The predicted molar refractivity (Wildman–Crippen MR) is 138 cm³/mol. The largest absolute Gasteiger partial charge is 0.464 e. The Bertz CT molecular complexity index is 1680. The van der Waals surface area contributed by atoms with Crippen LogP contribution in [0.25, 0.3) is 44.3 Å². The summed E-state index contributed by atoms with van der Waals surface area (Å²) in [5, 5.41) is 9.02. The molecule has 35 heavy (non-hydrogen) atoms. The van der Waals surface area contributed by atoms with Crippen LogP contribution in [0.5, 0.6) is 0 Å². The lowest BCUT2D eigenvalue weighted by Gasteiger charge is -2.18. The van der Waals surface area contributed by atoms with Crippen LogP contribution in [-0.2, 0) is 7.05 Å². The van der Waals surface area contributed by atoms with Crippen LogP contribution in [-0.4, -0.2) is 24.7 Å². The fraction of sp³-hybridized carbons (Fsp3) is 0.143. The van der Waals surface area contributed by atoms with E-state index in [1.54, 1.807) is 23.3 Å². The third-order valence-electron chi connectivity index (χ3n) is 6.33. The lowest BCUT2D eigenvalue weighted by Crippen LogP contribution is -2.07. The first-order valence-electron chi connectivity index (χ1n) is 11.5. The number of nitrogens with zero attached hydrogens (tertiary/aromatic N) is 5. The van der Waals surface area contributed by atoms with Crippen molar-refractivity contribution >= 4 is 27.7 Å². The average molecular weight is 461 g/mol. The van der Waals surface area contributed by atoms with E-state index in [0.29, 0.717) is 0 Å². The maximum Gasteiger partial charge on any atom is 0.134 e. The number of hydrogen-bond donors (Lipinski definition) is 1. The monoisotopic (exact) mass is 460 g/mol. The number of benzene rings is 2. The molecule has 4 heterocycles. The first-order valence-corrected chi connectivity index (χ1v) is 11.5. The highest BCUT2D eigenvalue weighted by molar-refractivity contribution is 5.97. The fourth-order valence-electron chi connectivity index (χ4n) is 4.46. The van der Waals surface area contributed by atoms with Gasteiger partial charge in [-0.1, -0.05) is 6.07 Å². The first-order chi connectivity index (χ1) is 17.0. The number of nitrogens with one attached hydrogen (secondary N) is 1. The topological polar surface area (TPSA) is 81.7 Å². The predicted octanol–water partition coefficient (Wildman–Crippen LogP) is 6.32. The second-order valence-electron chi connectivity index (χ2n) is 8.85. The normalized spacial score (nSPS) is 12.3. The number of pyridine rings is 1. The van der Waals surface area contributed by atoms with Gasteiger partial charge in [-0.3, -0.25) is 19.6 Å². The maximum atomic E-state index is 5.64. The third-order valence-corrected chi connectivity index (χ3v) is 6.33. The summed E-state index contributed by atoms with van der Waals surface area (Å²) in [7, 11) is 1.91. The molecule has 7 nitrogen and oxygen atoms in total. The molecule has 6 aromatic rings. The van der Waals surface area contributed by atoms with Crippen LogP contribution >= 0.6 is 0 Å². The summed E-state index contributed by atoms with van der Waals surface area (Å²) in [4.78, 5) is 13.7. The van der Waals surface area contributed by atoms with Crippen LogP contribution in [0.1, 0.15) is 24.1 Å². The zero-order chi connectivity index (χ0) is 23.9. The minimum atomic E-state index is 0.0275. The molecule has 0 bridgehead atoms. The summed E-state index contributed by atoms with van der Waals surface area (Å²) in [5.41, 5.74) is 9.93. The SMILES string of the molecule is Cc1coc2ccc(-c3cc(NC(C)c4cncc(-c5cnn(C)c5)c4)cc4nccnc34)cc12.